The molecular formula is C13H15ISi. The molecule has 0 amide bonds. The van der Waals surface area contributed by atoms with Crippen LogP contribution in [0.4, 0.5) is 0 Å². The summed E-state index contributed by atoms with van der Waals surface area (Å²) >= 11 is 2.37. The number of halogens is 1. The van der Waals surface area contributed by atoms with Crippen LogP contribution in [-0.4, -0.2) is 8.07 Å². The van der Waals surface area contributed by atoms with Gasteiger partial charge in [-0.15, -0.1) is 19.7 Å². The van der Waals surface area contributed by atoms with Crippen LogP contribution >= 0.6 is 22.6 Å². The first-order valence-electron chi connectivity index (χ1n) is 4.81. The van der Waals surface area contributed by atoms with Gasteiger partial charge in [0.2, 0.25) is 0 Å². The molecule has 0 N–H and O–H groups in total. The molecule has 2 heteroatoms. The summed E-state index contributed by atoms with van der Waals surface area (Å²) in [5.41, 5.74) is 7.48. The Bertz CT molecular complexity index is 360. The van der Waals surface area contributed by atoms with Crippen LogP contribution in [0.5, 0.6) is 0 Å². The van der Waals surface area contributed by atoms with E-state index in [-0.39, 0.29) is 0 Å². The Balaban J connectivity index is 3.03. The number of hydrogen-bond acceptors (Lipinski definition) is 0. The summed E-state index contributed by atoms with van der Waals surface area (Å²) in [7, 11) is -1.70. The molecule has 0 aromatic heterocycles. The molecule has 0 unspecified atom stereocenters. The van der Waals surface area contributed by atoms with Crippen molar-refractivity contribution < 1.29 is 0 Å². The molecule has 1 aromatic carbocycles. The zero-order valence-corrected chi connectivity index (χ0v) is 11.9. The van der Waals surface area contributed by atoms with Gasteiger partial charge in [0, 0.05) is 3.57 Å². The van der Waals surface area contributed by atoms with E-state index in [1.165, 1.54) is 9.13 Å². The van der Waals surface area contributed by atoms with Gasteiger partial charge in [0.25, 0.3) is 0 Å². The summed E-state index contributed by atoms with van der Waals surface area (Å²) in [5, 5.41) is 0. The van der Waals surface area contributed by atoms with Gasteiger partial charge in [-0.1, -0.05) is 35.3 Å². The second-order valence-corrected chi connectivity index (χ2v) is 8.46. The highest BCUT2D eigenvalue weighted by atomic mass is 127. The first kappa shape index (κ1) is 12.5. The molecule has 0 nitrogen and oxygen atoms in total. The molecule has 0 aliphatic carbocycles. The van der Waals surface area contributed by atoms with Crippen molar-refractivity contribution in [3.8, 4) is 0 Å². The number of rotatable bonds is 5. The Labute approximate surface area is 107 Å². The van der Waals surface area contributed by atoms with Crippen molar-refractivity contribution >= 4 is 30.7 Å². The maximum Gasteiger partial charge on any atom is 0.128 e. The van der Waals surface area contributed by atoms with Crippen LogP contribution in [0.15, 0.2) is 61.1 Å². The lowest BCUT2D eigenvalue weighted by atomic mass is 10.2. The summed E-state index contributed by atoms with van der Waals surface area (Å²) < 4.78 is 1.30. The highest BCUT2D eigenvalue weighted by molar-refractivity contribution is 14.1. The topological polar surface area (TPSA) is 0 Å². The highest BCUT2D eigenvalue weighted by Gasteiger charge is 2.22. The van der Waals surface area contributed by atoms with E-state index in [0.29, 0.717) is 0 Å². The summed E-state index contributed by atoms with van der Waals surface area (Å²) in [6, 6.07) is 9.45. The zero-order valence-electron chi connectivity index (χ0n) is 8.75. The lowest BCUT2D eigenvalue weighted by Gasteiger charge is -2.20. The minimum Gasteiger partial charge on any atom is -0.106 e. The van der Waals surface area contributed by atoms with Crippen molar-refractivity contribution in [2.75, 3.05) is 0 Å². The number of hydrogen-bond donors (Lipinski definition) is 0. The zero-order chi connectivity index (χ0) is 11.3. The van der Waals surface area contributed by atoms with Crippen molar-refractivity contribution in [3.05, 3.63) is 70.2 Å². The van der Waals surface area contributed by atoms with E-state index in [0.717, 1.165) is 6.04 Å². The van der Waals surface area contributed by atoms with E-state index in [1.807, 2.05) is 17.1 Å². The molecule has 0 bridgehead atoms. The van der Waals surface area contributed by atoms with Gasteiger partial charge in [0.05, 0.1) is 0 Å². The van der Waals surface area contributed by atoms with Gasteiger partial charge in [0.1, 0.15) is 8.07 Å². The maximum atomic E-state index is 3.92. The normalized spacial score (nSPS) is 10.7. The molecule has 0 saturated carbocycles. The molecule has 0 aliphatic heterocycles. The monoisotopic (exact) mass is 326 g/mol. The van der Waals surface area contributed by atoms with E-state index in [2.05, 4.69) is 66.6 Å². The maximum absolute atomic E-state index is 3.92. The van der Waals surface area contributed by atoms with Crippen molar-refractivity contribution in [2.24, 2.45) is 0 Å². The van der Waals surface area contributed by atoms with Gasteiger partial charge in [-0.3, -0.25) is 0 Å². The van der Waals surface area contributed by atoms with Crippen molar-refractivity contribution in [1.29, 1.82) is 0 Å². The molecule has 0 saturated heterocycles. The molecule has 1 aromatic rings. The van der Waals surface area contributed by atoms with Crippen LogP contribution < -0.4 is 0 Å². The van der Waals surface area contributed by atoms with Gasteiger partial charge in [-0.2, -0.15) is 0 Å². The Kier molecular flexibility index (Phi) is 4.54. The summed E-state index contributed by atoms with van der Waals surface area (Å²) in [5.74, 6) is 0. The van der Waals surface area contributed by atoms with Crippen LogP contribution in [0.2, 0.25) is 0 Å². The minimum atomic E-state index is -1.70. The highest BCUT2D eigenvalue weighted by Crippen LogP contribution is 2.19. The Morgan fingerprint density at radius 1 is 1.07 bits per heavy atom. The molecule has 0 aliphatic rings. The third kappa shape index (κ3) is 2.92. The van der Waals surface area contributed by atoms with Crippen molar-refractivity contribution in [3.63, 3.8) is 0 Å². The minimum absolute atomic E-state index is 1.02. The van der Waals surface area contributed by atoms with Gasteiger partial charge in [-0.25, -0.2) is 0 Å². The predicted octanol–water partition coefficient (Wildman–Crippen LogP) is 4.00. The van der Waals surface area contributed by atoms with Crippen LogP contribution in [0.1, 0.15) is 5.56 Å². The fraction of sp³-hybridized carbons (Fsp3) is 0.0769. The lowest BCUT2D eigenvalue weighted by Crippen LogP contribution is -2.31. The molecule has 0 spiro atoms. The van der Waals surface area contributed by atoms with Crippen LogP contribution in [0.25, 0.3) is 0 Å². The van der Waals surface area contributed by atoms with E-state index in [9.17, 15) is 0 Å². The quantitative estimate of drug-likeness (QED) is 0.567. The van der Waals surface area contributed by atoms with Crippen molar-refractivity contribution in [1.82, 2.24) is 0 Å². The molecule has 0 fully saturated rings. The van der Waals surface area contributed by atoms with Gasteiger partial charge in [-0.05, 0) is 40.3 Å². The van der Waals surface area contributed by atoms with Gasteiger partial charge >= 0.3 is 0 Å². The third-order valence-electron chi connectivity index (χ3n) is 2.59. The van der Waals surface area contributed by atoms with E-state index in [1.54, 1.807) is 0 Å². The molecule has 0 heterocycles. The van der Waals surface area contributed by atoms with Crippen LogP contribution in [-0.2, 0) is 6.04 Å². The lowest BCUT2D eigenvalue weighted by molar-refractivity contribution is 1.32. The second-order valence-electron chi connectivity index (χ2n) is 3.49. The molecule has 0 radical (unpaired) electrons. The van der Waals surface area contributed by atoms with E-state index in [4.69, 9.17) is 0 Å². The first-order valence-corrected chi connectivity index (χ1v) is 8.33. The number of benzene rings is 1. The van der Waals surface area contributed by atoms with Gasteiger partial charge in [0.15, 0.2) is 0 Å². The summed E-state index contributed by atoms with van der Waals surface area (Å²) in [6.07, 6.45) is 0. The Morgan fingerprint density at radius 3 is 2.07 bits per heavy atom. The fourth-order valence-electron chi connectivity index (χ4n) is 1.44. The molecular weight excluding hydrogens is 311 g/mol. The summed E-state index contributed by atoms with van der Waals surface area (Å²) in [4.78, 5) is 0. The SMILES string of the molecule is C=C[Si](C=C)(C=C)Cc1ccccc1I. The average Bonchev–Trinajstić information content (AvgIpc) is 2.29. The van der Waals surface area contributed by atoms with Crippen LogP contribution in [0, 0.1) is 3.57 Å². The Hall–Kier alpha value is -0.613. The largest absolute Gasteiger partial charge is 0.128 e. The molecule has 15 heavy (non-hydrogen) atoms. The molecule has 1 rings (SSSR count). The predicted molar refractivity (Wildman–Crippen MR) is 79.2 cm³/mol. The van der Waals surface area contributed by atoms with E-state index < -0.39 is 8.07 Å². The third-order valence-corrected chi connectivity index (χ3v) is 6.92. The fourth-order valence-corrected chi connectivity index (χ4v) is 4.28. The van der Waals surface area contributed by atoms with Crippen LogP contribution in [0.3, 0.4) is 0 Å². The molecule has 78 valence electrons. The van der Waals surface area contributed by atoms with E-state index >= 15 is 0 Å². The first-order chi connectivity index (χ1) is 7.17. The summed E-state index contributed by atoms with van der Waals surface area (Å²) in [6.45, 7) is 11.8. The smallest absolute Gasteiger partial charge is 0.106 e. The second kappa shape index (κ2) is 5.46. The van der Waals surface area contributed by atoms with Gasteiger partial charge < -0.3 is 0 Å². The standard InChI is InChI=1S/C13H15ISi/c1-4-15(5-2,6-3)11-12-9-7-8-10-13(12)14/h4-10H,1-3,11H2. The molecule has 0 atom stereocenters. The average molecular weight is 326 g/mol. The van der Waals surface area contributed by atoms with Crippen molar-refractivity contribution in [2.45, 2.75) is 6.04 Å². The Morgan fingerprint density at radius 2 is 1.60 bits per heavy atom.